The highest BCUT2D eigenvalue weighted by Crippen LogP contribution is 2.20. The zero-order valence-electron chi connectivity index (χ0n) is 12.8. The summed E-state index contributed by atoms with van der Waals surface area (Å²) in [5, 5.41) is 22.3. The Morgan fingerprint density at radius 2 is 1.96 bits per heavy atom. The highest BCUT2D eigenvalue weighted by Gasteiger charge is 2.25. The van der Waals surface area contributed by atoms with E-state index in [1.54, 1.807) is 13.8 Å². The molecular weight excluding hydrogens is 320 g/mol. The fraction of sp³-hybridized carbons (Fsp3) is 0.267. The second-order valence-corrected chi connectivity index (χ2v) is 5.46. The van der Waals surface area contributed by atoms with Crippen LogP contribution in [-0.2, 0) is 4.79 Å². The topological polar surface area (TPSA) is 140 Å². The van der Waals surface area contributed by atoms with E-state index in [-0.39, 0.29) is 16.7 Å². The minimum atomic E-state index is -1.24. The maximum atomic E-state index is 12.2. The molecule has 9 nitrogen and oxygen atoms in total. The summed E-state index contributed by atoms with van der Waals surface area (Å²) in [7, 11) is 0. The summed E-state index contributed by atoms with van der Waals surface area (Å²) in [4.78, 5) is 45.4. The summed E-state index contributed by atoms with van der Waals surface area (Å²) in [6, 6.07) is 3.54. The van der Waals surface area contributed by atoms with Crippen LogP contribution in [0.3, 0.4) is 0 Å². The molecular formula is C15H14N2O7. The number of nitro groups is 1. The number of aliphatic carboxylic acids is 1. The first kappa shape index (κ1) is 17.1. The molecule has 0 radical (unpaired) electrons. The number of nitrogens with zero attached hydrogens (tertiary/aromatic N) is 1. The number of carboxylic acid groups (broad SMARTS) is 1. The standard InChI is InChI=1S/C15H14N2O7/c1-7(2)12(14(19)20)16-13(18)10-6-8-5-9(17(22)23)3-4-11(8)24-15(10)21/h3-7,12H,1-2H3,(H,16,18)(H,19,20)/t12-/m0/s1. The molecule has 0 bridgehead atoms. The third kappa shape index (κ3) is 3.40. The molecule has 0 unspecified atom stereocenters. The van der Waals surface area contributed by atoms with E-state index in [0.717, 1.165) is 12.1 Å². The van der Waals surface area contributed by atoms with Crippen LogP contribution in [0.4, 0.5) is 5.69 Å². The molecule has 1 amide bonds. The van der Waals surface area contributed by atoms with E-state index in [1.165, 1.54) is 12.1 Å². The summed E-state index contributed by atoms with van der Waals surface area (Å²) in [6.45, 7) is 3.20. The van der Waals surface area contributed by atoms with Crippen molar-refractivity contribution in [2.75, 3.05) is 0 Å². The van der Waals surface area contributed by atoms with Crippen molar-refractivity contribution in [3.63, 3.8) is 0 Å². The van der Waals surface area contributed by atoms with Crippen molar-refractivity contribution in [2.24, 2.45) is 5.92 Å². The molecule has 9 heteroatoms. The maximum absolute atomic E-state index is 12.2. The predicted molar refractivity (Wildman–Crippen MR) is 82.9 cm³/mol. The van der Waals surface area contributed by atoms with Crippen LogP contribution >= 0.6 is 0 Å². The van der Waals surface area contributed by atoms with E-state index in [1.807, 2.05) is 0 Å². The van der Waals surface area contributed by atoms with Gasteiger partial charge in [-0.2, -0.15) is 0 Å². The number of hydrogen-bond acceptors (Lipinski definition) is 6. The Hall–Kier alpha value is -3.23. The molecule has 0 aliphatic rings. The van der Waals surface area contributed by atoms with Gasteiger partial charge in [0, 0.05) is 17.5 Å². The monoisotopic (exact) mass is 334 g/mol. The average molecular weight is 334 g/mol. The number of amides is 1. The van der Waals surface area contributed by atoms with Gasteiger partial charge in [0.1, 0.15) is 17.2 Å². The molecule has 2 N–H and O–H groups in total. The minimum Gasteiger partial charge on any atom is -0.480 e. The van der Waals surface area contributed by atoms with Crippen LogP contribution < -0.4 is 10.9 Å². The lowest BCUT2D eigenvalue weighted by Gasteiger charge is -2.17. The van der Waals surface area contributed by atoms with Gasteiger partial charge in [0.25, 0.3) is 11.6 Å². The van der Waals surface area contributed by atoms with Gasteiger partial charge in [-0.3, -0.25) is 14.9 Å². The molecule has 0 saturated carbocycles. The van der Waals surface area contributed by atoms with Crippen molar-refractivity contribution in [1.82, 2.24) is 5.32 Å². The molecule has 0 aliphatic carbocycles. The molecule has 0 saturated heterocycles. The second-order valence-electron chi connectivity index (χ2n) is 5.46. The molecule has 24 heavy (non-hydrogen) atoms. The summed E-state index contributed by atoms with van der Waals surface area (Å²) in [6.07, 6.45) is 0. The Bertz CT molecular complexity index is 885. The zero-order chi connectivity index (χ0) is 18.0. The fourth-order valence-electron chi connectivity index (χ4n) is 2.12. The molecule has 1 aromatic carbocycles. The zero-order valence-corrected chi connectivity index (χ0v) is 12.8. The van der Waals surface area contributed by atoms with Crippen molar-refractivity contribution in [1.29, 1.82) is 0 Å². The van der Waals surface area contributed by atoms with Gasteiger partial charge < -0.3 is 14.8 Å². The molecule has 1 aromatic heterocycles. The number of non-ortho nitro benzene ring substituents is 1. The van der Waals surface area contributed by atoms with E-state index in [4.69, 9.17) is 9.52 Å². The van der Waals surface area contributed by atoms with Crippen molar-refractivity contribution in [2.45, 2.75) is 19.9 Å². The van der Waals surface area contributed by atoms with E-state index in [2.05, 4.69) is 5.32 Å². The lowest BCUT2D eigenvalue weighted by Crippen LogP contribution is -2.45. The predicted octanol–water partition coefficient (Wildman–Crippen LogP) is 1.54. The van der Waals surface area contributed by atoms with Crippen LogP contribution in [0.5, 0.6) is 0 Å². The van der Waals surface area contributed by atoms with Gasteiger partial charge in [0.05, 0.1) is 4.92 Å². The van der Waals surface area contributed by atoms with E-state index < -0.39 is 39.9 Å². The van der Waals surface area contributed by atoms with Crippen LogP contribution in [0.25, 0.3) is 11.0 Å². The van der Waals surface area contributed by atoms with Crippen molar-refractivity contribution in [3.8, 4) is 0 Å². The van der Waals surface area contributed by atoms with Crippen molar-refractivity contribution < 1.29 is 24.0 Å². The normalized spacial score (nSPS) is 12.1. The lowest BCUT2D eigenvalue weighted by atomic mass is 10.0. The Labute approximate surface area is 135 Å². The number of nitrogens with one attached hydrogen (secondary N) is 1. The Morgan fingerprint density at radius 3 is 2.50 bits per heavy atom. The van der Waals surface area contributed by atoms with Crippen LogP contribution in [0.15, 0.2) is 33.5 Å². The number of carboxylic acids is 1. The first-order valence-corrected chi connectivity index (χ1v) is 6.96. The van der Waals surface area contributed by atoms with Crippen LogP contribution in [0.2, 0.25) is 0 Å². The van der Waals surface area contributed by atoms with Gasteiger partial charge in [-0.05, 0) is 18.1 Å². The first-order valence-electron chi connectivity index (χ1n) is 6.96. The second kappa shape index (κ2) is 6.49. The number of nitro benzene ring substituents is 1. The van der Waals surface area contributed by atoms with Gasteiger partial charge >= 0.3 is 11.6 Å². The van der Waals surface area contributed by atoms with Gasteiger partial charge in [-0.25, -0.2) is 9.59 Å². The number of fused-ring (bicyclic) bond motifs is 1. The number of carbonyl (C=O) groups excluding carboxylic acids is 1. The first-order chi connectivity index (χ1) is 11.2. The summed E-state index contributed by atoms with van der Waals surface area (Å²) in [5.74, 6) is -2.56. The molecule has 1 atom stereocenters. The van der Waals surface area contributed by atoms with E-state index in [9.17, 15) is 24.5 Å². The Balaban J connectivity index is 2.45. The lowest BCUT2D eigenvalue weighted by molar-refractivity contribution is -0.384. The van der Waals surface area contributed by atoms with Crippen LogP contribution in [0, 0.1) is 16.0 Å². The largest absolute Gasteiger partial charge is 0.480 e. The fourth-order valence-corrected chi connectivity index (χ4v) is 2.12. The third-order valence-electron chi connectivity index (χ3n) is 3.39. The van der Waals surface area contributed by atoms with Gasteiger partial charge in [0.15, 0.2) is 0 Å². The summed E-state index contributed by atoms with van der Waals surface area (Å²) in [5.41, 5.74) is -1.52. The molecule has 1 heterocycles. The quantitative estimate of drug-likeness (QED) is 0.480. The number of rotatable bonds is 5. The van der Waals surface area contributed by atoms with Crippen LogP contribution in [-0.4, -0.2) is 27.9 Å². The number of carbonyl (C=O) groups is 2. The van der Waals surface area contributed by atoms with Crippen LogP contribution in [0.1, 0.15) is 24.2 Å². The van der Waals surface area contributed by atoms with Gasteiger partial charge in [-0.1, -0.05) is 13.8 Å². The number of benzene rings is 1. The molecule has 0 fully saturated rings. The minimum absolute atomic E-state index is 0.0841. The van der Waals surface area contributed by atoms with E-state index >= 15 is 0 Å². The van der Waals surface area contributed by atoms with Gasteiger partial charge in [-0.15, -0.1) is 0 Å². The maximum Gasteiger partial charge on any atom is 0.349 e. The van der Waals surface area contributed by atoms with E-state index in [0.29, 0.717) is 0 Å². The molecule has 2 aromatic rings. The summed E-state index contributed by atoms with van der Waals surface area (Å²) < 4.78 is 4.96. The molecule has 0 aliphatic heterocycles. The smallest absolute Gasteiger partial charge is 0.349 e. The van der Waals surface area contributed by atoms with Crippen molar-refractivity contribution in [3.05, 3.63) is 50.4 Å². The molecule has 2 rings (SSSR count). The highest BCUT2D eigenvalue weighted by molar-refractivity contribution is 5.98. The third-order valence-corrected chi connectivity index (χ3v) is 3.39. The average Bonchev–Trinajstić information content (AvgIpc) is 2.50. The molecule has 126 valence electrons. The summed E-state index contributed by atoms with van der Waals surface area (Å²) >= 11 is 0. The highest BCUT2D eigenvalue weighted by atomic mass is 16.6. The molecule has 0 spiro atoms. The van der Waals surface area contributed by atoms with Crippen molar-refractivity contribution >= 4 is 28.5 Å². The number of hydrogen-bond donors (Lipinski definition) is 2. The SMILES string of the molecule is CC(C)[C@H](NC(=O)c1cc2cc([N+](=O)[O-])ccc2oc1=O)C(=O)O. The Kier molecular flexibility index (Phi) is 4.63. The Morgan fingerprint density at radius 1 is 1.29 bits per heavy atom. The van der Waals surface area contributed by atoms with Gasteiger partial charge in [0.2, 0.25) is 0 Å².